The second-order valence-electron chi connectivity index (χ2n) is 27.7. The standard InChI is InChI=1S/C84H150NO8P/c1-6-8-10-12-14-16-18-20-22-24-26-28-30-32-34-36-38-40-42-44-46-48-50-52-54-56-58-60-62-64-66-68-70-72-74-76-83(86)90-80-82(81-92-94(88,89)91-79-78-85(3,4)5)93-84(87)77-75-73-71-69-67-65-63-61-59-57-55-53-51-49-47-45-43-41-39-37-35-33-31-29-27-25-23-21-19-17-15-13-11-9-7-2/h9,11,15,17-18,20-21,23-24,26-27,29,33,35,39,41,45,47,82H,6-8,10,12-14,16,19,22,25,28,30-32,34,36-38,40,42-44,46,48-81H2,1-5H3/b11-9-,17-15-,20-18-,23-21-,26-24-,29-27-,35-33-,41-39-,47-45-. The van der Waals surface area contributed by atoms with E-state index in [0.717, 1.165) is 89.9 Å². The molecule has 0 aromatic carbocycles. The molecule has 9 nitrogen and oxygen atoms in total. The van der Waals surface area contributed by atoms with E-state index in [4.69, 9.17) is 18.5 Å². The average molecular weight is 1330 g/mol. The molecular formula is C84H150NO8P. The first-order valence-electron chi connectivity index (χ1n) is 39.6. The Morgan fingerprint density at radius 2 is 0.606 bits per heavy atom. The smallest absolute Gasteiger partial charge is 0.306 e. The maximum atomic E-state index is 12.9. The fraction of sp³-hybridized carbons (Fsp3) is 0.762. The molecular weight excluding hydrogens is 1180 g/mol. The summed E-state index contributed by atoms with van der Waals surface area (Å²) in [7, 11) is 1.17. The topological polar surface area (TPSA) is 111 Å². The third kappa shape index (κ3) is 77.7. The van der Waals surface area contributed by atoms with E-state index < -0.39 is 26.5 Å². The summed E-state index contributed by atoms with van der Waals surface area (Å²) in [5.74, 6) is -0.823. The van der Waals surface area contributed by atoms with E-state index in [1.165, 1.54) is 238 Å². The van der Waals surface area contributed by atoms with Gasteiger partial charge in [0.1, 0.15) is 19.8 Å². The number of carbonyl (C=O) groups is 2. The molecule has 0 bridgehead atoms. The molecule has 0 spiro atoms. The molecule has 0 heterocycles. The third-order valence-corrected chi connectivity index (χ3v) is 18.2. The molecule has 0 aromatic heterocycles. The number of quaternary nitrogens is 1. The van der Waals surface area contributed by atoms with E-state index in [1.54, 1.807) is 0 Å². The Balaban J connectivity index is 3.97. The molecule has 2 unspecified atom stereocenters. The number of phosphoric ester groups is 1. The van der Waals surface area contributed by atoms with Gasteiger partial charge in [0, 0.05) is 12.8 Å². The van der Waals surface area contributed by atoms with Crippen molar-refractivity contribution >= 4 is 19.8 Å². The molecule has 2 atom stereocenters. The van der Waals surface area contributed by atoms with Crippen molar-refractivity contribution in [1.29, 1.82) is 0 Å². The summed E-state index contributed by atoms with van der Waals surface area (Å²) >= 11 is 0. The van der Waals surface area contributed by atoms with Gasteiger partial charge in [0.25, 0.3) is 7.82 Å². The van der Waals surface area contributed by atoms with Crippen molar-refractivity contribution in [3.63, 3.8) is 0 Å². The lowest BCUT2D eigenvalue weighted by atomic mass is 10.0. The molecule has 544 valence electrons. The third-order valence-electron chi connectivity index (χ3n) is 17.3. The van der Waals surface area contributed by atoms with Crippen LogP contribution in [-0.4, -0.2) is 70.0 Å². The zero-order valence-corrected chi connectivity index (χ0v) is 63.0. The Hall–Kier alpha value is -3.33. The van der Waals surface area contributed by atoms with Crippen LogP contribution in [0.5, 0.6) is 0 Å². The monoisotopic (exact) mass is 1330 g/mol. The van der Waals surface area contributed by atoms with E-state index in [9.17, 15) is 19.0 Å². The molecule has 10 heteroatoms. The number of esters is 2. The summed E-state index contributed by atoms with van der Waals surface area (Å²) in [6, 6.07) is 0. The van der Waals surface area contributed by atoms with Gasteiger partial charge in [-0.3, -0.25) is 14.2 Å². The number of likely N-dealkylation sites (N-methyl/N-ethyl adjacent to an activating group) is 1. The van der Waals surface area contributed by atoms with Crippen molar-refractivity contribution < 1.29 is 42.1 Å². The number of unbranched alkanes of at least 4 members (excludes halogenated alkanes) is 41. The molecule has 0 amide bonds. The van der Waals surface area contributed by atoms with Gasteiger partial charge in [-0.2, -0.15) is 0 Å². The van der Waals surface area contributed by atoms with Gasteiger partial charge in [0.15, 0.2) is 6.10 Å². The van der Waals surface area contributed by atoms with E-state index in [0.29, 0.717) is 17.4 Å². The van der Waals surface area contributed by atoms with Crippen LogP contribution in [0.1, 0.15) is 361 Å². The van der Waals surface area contributed by atoms with Gasteiger partial charge in [-0.25, -0.2) is 0 Å². The lowest BCUT2D eigenvalue weighted by molar-refractivity contribution is -0.870. The molecule has 0 aliphatic carbocycles. The van der Waals surface area contributed by atoms with Crippen LogP contribution in [0.4, 0.5) is 0 Å². The average Bonchev–Trinajstić information content (AvgIpc) is 1.68. The molecule has 0 aliphatic heterocycles. The number of rotatable bonds is 73. The highest BCUT2D eigenvalue weighted by Crippen LogP contribution is 2.38. The summed E-state index contributed by atoms with van der Waals surface area (Å²) in [6.07, 6.45) is 105. The highest BCUT2D eigenvalue weighted by molar-refractivity contribution is 7.45. The Kier molecular flexibility index (Phi) is 71.3. The summed E-state index contributed by atoms with van der Waals surface area (Å²) < 4.78 is 34.4. The van der Waals surface area contributed by atoms with Gasteiger partial charge in [-0.05, 0) is 103 Å². The second-order valence-corrected chi connectivity index (χ2v) is 29.1. The minimum absolute atomic E-state index is 0.0329. The number of phosphoric acid groups is 1. The molecule has 0 fully saturated rings. The van der Waals surface area contributed by atoms with Gasteiger partial charge in [-0.15, -0.1) is 0 Å². The predicted molar refractivity (Wildman–Crippen MR) is 406 cm³/mol. The lowest BCUT2D eigenvalue weighted by Gasteiger charge is -2.28. The van der Waals surface area contributed by atoms with E-state index in [2.05, 4.69) is 123 Å². The number of carbonyl (C=O) groups excluding carboxylic acids is 2. The van der Waals surface area contributed by atoms with Crippen LogP contribution in [-0.2, 0) is 32.7 Å². The van der Waals surface area contributed by atoms with E-state index in [-0.39, 0.29) is 32.0 Å². The minimum Gasteiger partial charge on any atom is -0.756 e. The van der Waals surface area contributed by atoms with Crippen LogP contribution in [0.25, 0.3) is 0 Å². The van der Waals surface area contributed by atoms with Crippen LogP contribution in [0, 0.1) is 0 Å². The number of hydrogen-bond donors (Lipinski definition) is 0. The fourth-order valence-electron chi connectivity index (χ4n) is 11.3. The number of allylic oxidation sites excluding steroid dienone is 18. The van der Waals surface area contributed by atoms with Gasteiger partial charge in [0.2, 0.25) is 0 Å². The lowest BCUT2D eigenvalue weighted by Crippen LogP contribution is -2.37. The largest absolute Gasteiger partial charge is 0.756 e. The van der Waals surface area contributed by atoms with Crippen molar-refractivity contribution in [2.75, 3.05) is 47.5 Å². The predicted octanol–water partition coefficient (Wildman–Crippen LogP) is 25.8. The first kappa shape index (κ1) is 90.7. The number of hydrogen-bond acceptors (Lipinski definition) is 8. The summed E-state index contributed by atoms with van der Waals surface area (Å²) in [5.41, 5.74) is 0. The molecule has 94 heavy (non-hydrogen) atoms. The van der Waals surface area contributed by atoms with Crippen LogP contribution < -0.4 is 4.89 Å². The first-order chi connectivity index (χ1) is 46.0. The first-order valence-corrected chi connectivity index (χ1v) is 41.1. The quantitative estimate of drug-likeness (QED) is 0.0195. The maximum absolute atomic E-state index is 12.9. The van der Waals surface area contributed by atoms with E-state index in [1.807, 2.05) is 21.1 Å². The second kappa shape index (κ2) is 73.9. The normalized spacial score (nSPS) is 13.6. The van der Waals surface area contributed by atoms with Crippen molar-refractivity contribution in [2.24, 2.45) is 0 Å². The molecule has 0 rings (SSSR count). The highest BCUT2D eigenvalue weighted by Gasteiger charge is 2.22. The van der Waals surface area contributed by atoms with Crippen LogP contribution >= 0.6 is 7.82 Å². The Labute approximate surface area is 582 Å². The van der Waals surface area contributed by atoms with Crippen LogP contribution in [0.3, 0.4) is 0 Å². The van der Waals surface area contributed by atoms with Crippen molar-refractivity contribution in [1.82, 2.24) is 0 Å². The van der Waals surface area contributed by atoms with Crippen molar-refractivity contribution in [3.05, 3.63) is 109 Å². The molecule has 0 N–H and O–H groups in total. The van der Waals surface area contributed by atoms with Crippen molar-refractivity contribution in [3.8, 4) is 0 Å². The number of nitrogens with zero attached hydrogens (tertiary/aromatic N) is 1. The molecule has 0 saturated carbocycles. The van der Waals surface area contributed by atoms with Crippen molar-refractivity contribution in [2.45, 2.75) is 367 Å². The molecule has 0 aromatic rings. The maximum Gasteiger partial charge on any atom is 0.306 e. The molecule has 0 radical (unpaired) electrons. The summed E-state index contributed by atoms with van der Waals surface area (Å²) in [5, 5.41) is 0. The molecule has 0 aliphatic rings. The number of ether oxygens (including phenoxy) is 2. The fourth-order valence-corrected chi connectivity index (χ4v) is 12.0. The Morgan fingerprint density at radius 3 is 0.904 bits per heavy atom. The minimum atomic E-state index is -4.65. The SMILES string of the molecule is CC/C=C\C/C=C\C/C=C\C/C=C\C/C=C\C/C=C\C/C=C\CCCCCCCCCCCCCCCC(=O)OC(COC(=O)CCCCCCCCCCCCCCCCCCCCCCCCC/C=C\C/C=C\CCCCCCC)COP(=O)([O-])OCC[N+](C)(C)C. The van der Waals surface area contributed by atoms with Gasteiger partial charge < -0.3 is 27.9 Å². The van der Waals surface area contributed by atoms with Crippen LogP contribution in [0.2, 0.25) is 0 Å². The van der Waals surface area contributed by atoms with Crippen LogP contribution in [0.15, 0.2) is 109 Å². The zero-order chi connectivity index (χ0) is 68.3. The van der Waals surface area contributed by atoms with E-state index >= 15 is 0 Å². The van der Waals surface area contributed by atoms with Gasteiger partial charge in [0.05, 0.1) is 27.7 Å². The van der Waals surface area contributed by atoms with Gasteiger partial charge in [-0.1, -0.05) is 354 Å². The Morgan fingerprint density at radius 1 is 0.340 bits per heavy atom. The highest BCUT2D eigenvalue weighted by atomic mass is 31.2. The summed E-state index contributed by atoms with van der Waals surface area (Å²) in [6.45, 7) is 4.16. The Bertz CT molecular complexity index is 1960. The zero-order valence-electron chi connectivity index (χ0n) is 62.1. The summed E-state index contributed by atoms with van der Waals surface area (Å²) in [4.78, 5) is 38.2. The van der Waals surface area contributed by atoms with Gasteiger partial charge >= 0.3 is 11.9 Å². The molecule has 0 saturated heterocycles.